The largest absolute Gasteiger partial charge is 0.393 e. The Morgan fingerprint density at radius 3 is 2.67 bits per heavy atom. The highest BCUT2D eigenvalue weighted by molar-refractivity contribution is 5.76. The topological polar surface area (TPSA) is 67.2 Å². The summed E-state index contributed by atoms with van der Waals surface area (Å²) in [5.74, 6) is 0.0262. The molecule has 1 rings (SSSR count). The van der Waals surface area contributed by atoms with E-state index in [-0.39, 0.29) is 12.0 Å². The zero-order valence-electron chi connectivity index (χ0n) is 11.7. The van der Waals surface area contributed by atoms with Gasteiger partial charge in [-0.3, -0.25) is 9.48 Å². The molecule has 1 aromatic heterocycles. The van der Waals surface area contributed by atoms with Crippen molar-refractivity contribution in [2.75, 3.05) is 6.54 Å². The molecule has 0 aromatic carbocycles. The second-order valence-electron chi connectivity index (χ2n) is 4.76. The standard InChI is InChI=1S/C13H23N3O2/c1-9(17)7-8-14-13(18)6-5-12-10(2)15-16(4)11(12)3/h9,17H,5-8H2,1-4H3,(H,14,18). The average molecular weight is 253 g/mol. The van der Waals surface area contributed by atoms with Crippen molar-refractivity contribution in [3.63, 3.8) is 0 Å². The summed E-state index contributed by atoms with van der Waals surface area (Å²) in [5, 5.41) is 16.2. The maximum absolute atomic E-state index is 11.6. The minimum atomic E-state index is -0.367. The number of aryl methyl sites for hydroxylation is 2. The van der Waals surface area contributed by atoms with Crippen molar-refractivity contribution in [3.8, 4) is 0 Å². The third-order valence-electron chi connectivity index (χ3n) is 3.15. The number of nitrogens with one attached hydrogen (secondary N) is 1. The average Bonchev–Trinajstić information content (AvgIpc) is 2.50. The molecule has 0 aliphatic rings. The lowest BCUT2D eigenvalue weighted by molar-refractivity contribution is -0.121. The van der Waals surface area contributed by atoms with Crippen LogP contribution in [0.25, 0.3) is 0 Å². The van der Waals surface area contributed by atoms with Crippen LogP contribution in [-0.4, -0.2) is 33.4 Å². The SMILES string of the molecule is Cc1nn(C)c(C)c1CCC(=O)NCCC(C)O. The first kappa shape index (κ1) is 14.7. The fourth-order valence-corrected chi connectivity index (χ4v) is 1.93. The molecule has 0 radical (unpaired) electrons. The summed E-state index contributed by atoms with van der Waals surface area (Å²) in [5.41, 5.74) is 3.26. The van der Waals surface area contributed by atoms with E-state index < -0.39 is 0 Å². The van der Waals surface area contributed by atoms with Crippen LogP contribution in [0.1, 0.15) is 36.7 Å². The number of amides is 1. The zero-order valence-corrected chi connectivity index (χ0v) is 11.7. The second kappa shape index (κ2) is 6.54. The van der Waals surface area contributed by atoms with Crippen LogP contribution in [0.4, 0.5) is 0 Å². The Kier molecular flexibility index (Phi) is 5.34. The van der Waals surface area contributed by atoms with Gasteiger partial charge >= 0.3 is 0 Å². The van der Waals surface area contributed by atoms with E-state index in [0.29, 0.717) is 25.8 Å². The first-order chi connectivity index (χ1) is 8.41. The zero-order chi connectivity index (χ0) is 13.7. The maximum atomic E-state index is 11.6. The minimum absolute atomic E-state index is 0.0262. The van der Waals surface area contributed by atoms with Crippen LogP contribution in [0.15, 0.2) is 0 Å². The minimum Gasteiger partial charge on any atom is -0.393 e. The third kappa shape index (κ3) is 4.14. The van der Waals surface area contributed by atoms with Crippen LogP contribution in [0.3, 0.4) is 0 Å². The molecule has 1 amide bonds. The number of rotatable bonds is 6. The molecule has 0 bridgehead atoms. The summed E-state index contributed by atoms with van der Waals surface area (Å²) in [4.78, 5) is 11.6. The summed E-state index contributed by atoms with van der Waals surface area (Å²) in [6.07, 6.45) is 1.41. The monoisotopic (exact) mass is 253 g/mol. The van der Waals surface area contributed by atoms with Gasteiger partial charge in [-0.15, -0.1) is 0 Å². The molecule has 1 heterocycles. The summed E-state index contributed by atoms with van der Waals surface area (Å²) >= 11 is 0. The van der Waals surface area contributed by atoms with Gasteiger partial charge in [0.1, 0.15) is 0 Å². The normalized spacial score (nSPS) is 12.5. The van der Waals surface area contributed by atoms with Crippen molar-refractivity contribution < 1.29 is 9.90 Å². The summed E-state index contributed by atoms with van der Waals surface area (Å²) in [6, 6.07) is 0. The van der Waals surface area contributed by atoms with Gasteiger partial charge in [-0.1, -0.05) is 0 Å². The number of aliphatic hydroxyl groups excluding tert-OH is 1. The number of hydrogen-bond donors (Lipinski definition) is 2. The summed E-state index contributed by atoms with van der Waals surface area (Å²) in [6.45, 7) is 6.23. The highest BCUT2D eigenvalue weighted by Gasteiger charge is 2.11. The number of hydrogen-bond acceptors (Lipinski definition) is 3. The summed E-state index contributed by atoms with van der Waals surface area (Å²) < 4.78 is 1.84. The Bertz CT molecular complexity index is 411. The van der Waals surface area contributed by atoms with Gasteiger partial charge in [0.2, 0.25) is 5.91 Å². The number of aromatic nitrogens is 2. The Balaban J connectivity index is 2.38. The molecule has 0 saturated carbocycles. The highest BCUT2D eigenvalue weighted by atomic mass is 16.3. The summed E-state index contributed by atoms with van der Waals surface area (Å²) in [7, 11) is 1.91. The highest BCUT2D eigenvalue weighted by Crippen LogP contribution is 2.13. The quantitative estimate of drug-likeness (QED) is 0.790. The van der Waals surface area contributed by atoms with Crippen LogP contribution in [0.2, 0.25) is 0 Å². The lowest BCUT2D eigenvalue weighted by Crippen LogP contribution is -2.26. The fourth-order valence-electron chi connectivity index (χ4n) is 1.93. The van der Waals surface area contributed by atoms with E-state index >= 15 is 0 Å². The molecule has 1 unspecified atom stereocenters. The van der Waals surface area contributed by atoms with Gasteiger partial charge in [0.15, 0.2) is 0 Å². The van der Waals surface area contributed by atoms with Crippen LogP contribution in [0, 0.1) is 13.8 Å². The Hall–Kier alpha value is -1.36. The molecule has 1 aromatic rings. The molecule has 0 saturated heterocycles. The molecule has 5 heteroatoms. The molecule has 1 atom stereocenters. The van der Waals surface area contributed by atoms with E-state index in [0.717, 1.165) is 17.0 Å². The van der Waals surface area contributed by atoms with E-state index in [1.807, 2.05) is 25.6 Å². The fraction of sp³-hybridized carbons (Fsp3) is 0.692. The van der Waals surface area contributed by atoms with Crippen molar-refractivity contribution in [3.05, 3.63) is 17.0 Å². The van der Waals surface area contributed by atoms with E-state index in [2.05, 4.69) is 10.4 Å². The van der Waals surface area contributed by atoms with Crippen LogP contribution in [-0.2, 0) is 18.3 Å². The van der Waals surface area contributed by atoms with Crippen molar-refractivity contribution >= 4 is 5.91 Å². The molecular weight excluding hydrogens is 230 g/mol. The molecule has 0 fully saturated rings. The van der Waals surface area contributed by atoms with Crippen LogP contribution in [0.5, 0.6) is 0 Å². The molecule has 0 aliphatic heterocycles. The smallest absolute Gasteiger partial charge is 0.220 e. The van der Waals surface area contributed by atoms with Crippen molar-refractivity contribution in [1.82, 2.24) is 15.1 Å². The molecule has 0 spiro atoms. The van der Waals surface area contributed by atoms with Crippen LogP contribution < -0.4 is 5.32 Å². The van der Waals surface area contributed by atoms with Gasteiger partial charge < -0.3 is 10.4 Å². The maximum Gasteiger partial charge on any atom is 0.220 e. The number of carbonyl (C=O) groups is 1. The van der Waals surface area contributed by atoms with Gasteiger partial charge in [0.25, 0.3) is 0 Å². The first-order valence-corrected chi connectivity index (χ1v) is 6.35. The van der Waals surface area contributed by atoms with Crippen molar-refractivity contribution in [1.29, 1.82) is 0 Å². The van der Waals surface area contributed by atoms with Gasteiger partial charge in [-0.25, -0.2) is 0 Å². The molecule has 5 nitrogen and oxygen atoms in total. The Morgan fingerprint density at radius 2 is 2.17 bits per heavy atom. The van der Waals surface area contributed by atoms with Gasteiger partial charge in [-0.05, 0) is 39.2 Å². The number of carbonyl (C=O) groups excluding carboxylic acids is 1. The Labute approximate surface area is 108 Å². The molecule has 18 heavy (non-hydrogen) atoms. The van der Waals surface area contributed by atoms with Gasteiger partial charge in [0.05, 0.1) is 11.8 Å². The number of aliphatic hydroxyl groups is 1. The molecule has 102 valence electrons. The van der Waals surface area contributed by atoms with E-state index in [1.54, 1.807) is 6.92 Å². The molecule has 0 aliphatic carbocycles. The van der Waals surface area contributed by atoms with Gasteiger partial charge in [-0.2, -0.15) is 5.10 Å². The van der Waals surface area contributed by atoms with Gasteiger partial charge in [0, 0.05) is 25.7 Å². The third-order valence-corrected chi connectivity index (χ3v) is 3.15. The predicted molar refractivity (Wildman–Crippen MR) is 70.3 cm³/mol. The lowest BCUT2D eigenvalue weighted by Gasteiger charge is -2.07. The van der Waals surface area contributed by atoms with E-state index in [4.69, 9.17) is 5.11 Å². The molecular formula is C13H23N3O2. The number of nitrogens with zero attached hydrogens (tertiary/aromatic N) is 2. The van der Waals surface area contributed by atoms with Crippen LogP contribution >= 0.6 is 0 Å². The van der Waals surface area contributed by atoms with E-state index in [9.17, 15) is 4.79 Å². The predicted octanol–water partition coefficient (Wildman–Crippen LogP) is 0.857. The lowest BCUT2D eigenvalue weighted by atomic mass is 10.1. The van der Waals surface area contributed by atoms with E-state index in [1.165, 1.54) is 0 Å². The molecule has 2 N–H and O–H groups in total. The first-order valence-electron chi connectivity index (χ1n) is 6.35. The van der Waals surface area contributed by atoms with Crippen molar-refractivity contribution in [2.24, 2.45) is 7.05 Å². The van der Waals surface area contributed by atoms with Crippen molar-refractivity contribution in [2.45, 2.75) is 46.1 Å². The second-order valence-corrected chi connectivity index (χ2v) is 4.76. The Morgan fingerprint density at radius 1 is 1.50 bits per heavy atom.